The maximum Gasteiger partial charge on any atom is 0.234 e. The fraction of sp³-hybridized carbons (Fsp3) is 0.286. The average Bonchev–Trinajstić information content (AvgIpc) is 3.14. The highest BCUT2D eigenvalue weighted by molar-refractivity contribution is 7.99. The van der Waals surface area contributed by atoms with Crippen LogP contribution in [0.15, 0.2) is 41.6 Å². The summed E-state index contributed by atoms with van der Waals surface area (Å²) in [7, 11) is 1.57. The van der Waals surface area contributed by atoms with Gasteiger partial charge in [-0.2, -0.15) is 0 Å². The maximum atomic E-state index is 12.3. The van der Waals surface area contributed by atoms with Crippen molar-refractivity contribution >= 4 is 23.4 Å². The third-order valence-corrected chi connectivity index (χ3v) is 5.08. The molecule has 29 heavy (non-hydrogen) atoms. The molecule has 0 bridgehead atoms. The van der Waals surface area contributed by atoms with Crippen molar-refractivity contribution in [3.63, 3.8) is 0 Å². The normalized spacial score (nSPS) is 10.6. The lowest BCUT2D eigenvalue weighted by Crippen LogP contribution is -2.15. The number of benzene rings is 2. The zero-order valence-electron chi connectivity index (χ0n) is 16.9. The number of aryl methyl sites for hydroxylation is 3. The minimum absolute atomic E-state index is 0.156. The van der Waals surface area contributed by atoms with Crippen molar-refractivity contribution < 1.29 is 14.3 Å². The summed E-state index contributed by atoms with van der Waals surface area (Å²) in [6, 6.07) is 11.6. The van der Waals surface area contributed by atoms with Crippen molar-refractivity contribution in [3.8, 4) is 11.5 Å². The van der Waals surface area contributed by atoms with E-state index in [-0.39, 0.29) is 18.3 Å². The molecule has 0 spiro atoms. The van der Waals surface area contributed by atoms with Crippen molar-refractivity contribution in [2.75, 3.05) is 18.2 Å². The Morgan fingerprint density at radius 1 is 1.17 bits per heavy atom. The number of carbonyl (C=O) groups excluding carboxylic acids is 1. The number of aromatic amines is 1. The van der Waals surface area contributed by atoms with Crippen LogP contribution < -0.4 is 14.8 Å². The Morgan fingerprint density at radius 3 is 2.66 bits per heavy atom. The number of rotatable bonds is 8. The number of amides is 1. The van der Waals surface area contributed by atoms with Crippen LogP contribution in [0.2, 0.25) is 0 Å². The van der Waals surface area contributed by atoms with Gasteiger partial charge in [-0.25, -0.2) is 4.98 Å². The Labute approximate surface area is 174 Å². The van der Waals surface area contributed by atoms with E-state index >= 15 is 0 Å². The number of methoxy groups -OCH3 is 1. The highest BCUT2D eigenvalue weighted by atomic mass is 32.2. The fourth-order valence-electron chi connectivity index (χ4n) is 2.81. The first-order valence-electron chi connectivity index (χ1n) is 9.14. The molecule has 0 atom stereocenters. The molecule has 3 aromatic rings. The van der Waals surface area contributed by atoms with Crippen LogP contribution in [0.1, 0.15) is 22.5 Å². The van der Waals surface area contributed by atoms with Crippen molar-refractivity contribution in [2.45, 2.75) is 32.5 Å². The van der Waals surface area contributed by atoms with E-state index in [9.17, 15) is 4.79 Å². The van der Waals surface area contributed by atoms with E-state index in [2.05, 4.69) is 20.5 Å². The smallest absolute Gasteiger partial charge is 0.234 e. The molecule has 1 heterocycles. The summed E-state index contributed by atoms with van der Waals surface area (Å²) >= 11 is 1.25. The van der Waals surface area contributed by atoms with Crippen molar-refractivity contribution in [1.29, 1.82) is 0 Å². The van der Waals surface area contributed by atoms with Crippen molar-refractivity contribution in [3.05, 3.63) is 58.9 Å². The lowest BCUT2D eigenvalue weighted by Gasteiger charge is -2.10. The fourth-order valence-corrected chi connectivity index (χ4v) is 3.43. The van der Waals surface area contributed by atoms with E-state index in [1.807, 2.05) is 57.2 Å². The molecule has 0 aliphatic heterocycles. The minimum atomic E-state index is -0.156. The number of nitrogens with zero attached hydrogens (tertiary/aromatic N) is 2. The molecular weight excluding hydrogens is 388 g/mol. The van der Waals surface area contributed by atoms with Gasteiger partial charge in [-0.1, -0.05) is 36.0 Å². The summed E-state index contributed by atoms with van der Waals surface area (Å²) in [6.45, 7) is 6.25. The third-order valence-electron chi connectivity index (χ3n) is 4.23. The number of ether oxygens (including phenoxy) is 2. The topological polar surface area (TPSA) is 89.1 Å². The monoisotopic (exact) mass is 412 g/mol. The minimum Gasteiger partial charge on any atom is -0.495 e. The second kappa shape index (κ2) is 9.47. The maximum absolute atomic E-state index is 12.3. The van der Waals surface area contributed by atoms with E-state index in [0.717, 1.165) is 22.4 Å². The second-order valence-corrected chi connectivity index (χ2v) is 7.56. The van der Waals surface area contributed by atoms with Gasteiger partial charge in [0, 0.05) is 0 Å². The summed E-state index contributed by atoms with van der Waals surface area (Å²) in [6.07, 6.45) is 0. The van der Waals surface area contributed by atoms with Crippen molar-refractivity contribution in [1.82, 2.24) is 15.2 Å². The molecule has 0 unspecified atom stereocenters. The van der Waals surface area contributed by atoms with Crippen LogP contribution in [0.3, 0.4) is 0 Å². The van der Waals surface area contributed by atoms with Crippen LogP contribution in [0.5, 0.6) is 11.5 Å². The highest BCUT2D eigenvalue weighted by Gasteiger charge is 2.12. The lowest BCUT2D eigenvalue weighted by atomic mass is 10.1. The van der Waals surface area contributed by atoms with Gasteiger partial charge in [0.25, 0.3) is 0 Å². The number of nitrogens with one attached hydrogen (secondary N) is 2. The van der Waals surface area contributed by atoms with E-state index in [1.165, 1.54) is 11.8 Å². The van der Waals surface area contributed by atoms with E-state index < -0.39 is 0 Å². The summed E-state index contributed by atoms with van der Waals surface area (Å²) in [5, 5.41) is 10.4. The van der Waals surface area contributed by atoms with Gasteiger partial charge in [-0.15, -0.1) is 5.10 Å². The number of para-hydroxylation sites is 1. The van der Waals surface area contributed by atoms with Crippen LogP contribution >= 0.6 is 11.8 Å². The molecule has 0 saturated carbocycles. The Hall–Kier alpha value is -3.00. The predicted molar refractivity (Wildman–Crippen MR) is 114 cm³/mol. The number of hydrogen-bond donors (Lipinski definition) is 2. The number of aromatic nitrogens is 3. The summed E-state index contributed by atoms with van der Waals surface area (Å²) in [4.78, 5) is 16.7. The van der Waals surface area contributed by atoms with Crippen LogP contribution in [0, 0.1) is 20.8 Å². The molecule has 0 aliphatic rings. The van der Waals surface area contributed by atoms with Gasteiger partial charge >= 0.3 is 0 Å². The van der Waals surface area contributed by atoms with Gasteiger partial charge in [0.1, 0.15) is 18.1 Å². The predicted octanol–water partition coefficient (Wildman–Crippen LogP) is 4.05. The average molecular weight is 413 g/mol. The molecule has 7 nitrogen and oxygen atoms in total. The standard InChI is InChI=1S/C21H24N4O3S/c1-13-8-9-17(27-4)16(10-13)22-19(26)12-29-21-23-18(24-25-21)11-28-20-14(2)6-5-7-15(20)3/h5-10H,11-12H2,1-4H3,(H,22,26)(H,23,24,25). The van der Waals surface area contributed by atoms with Gasteiger partial charge in [0.05, 0.1) is 18.6 Å². The van der Waals surface area contributed by atoms with E-state index in [0.29, 0.717) is 22.4 Å². The number of thioether (sulfide) groups is 1. The number of anilines is 1. The number of hydrogen-bond acceptors (Lipinski definition) is 6. The molecule has 152 valence electrons. The SMILES string of the molecule is COc1ccc(C)cc1NC(=O)CSc1n[nH]c(COc2c(C)cccc2C)n1. The van der Waals surface area contributed by atoms with Crippen LogP contribution in [-0.4, -0.2) is 34.0 Å². The van der Waals surface area contributed by atoms with Crippen LogP contribution in [-0.2, 0) is 11.4 Å². The second-order valence-electron chi connectivity index (χ2n) is 6.61. The number of H-pyrrole nitrogens is 1. The Balaban J connectivity index is 1.53. The molecule has 2 aromatic carbocycles. The van der Waals surface area contributed by atoms with E-state index in [4.69, 9.17) is 9.47 Å². The van der Waals surface area contributed by atoms with Crippen LogP contribution in [0.25, 0.3) is 0 Å². The van der Waals surface area contributed by atoms with E-state index in [1.54, 1.807) is 7.11 Å². The van der Waals surface area contributed by atoms with Gasteiger partial charge in [0.15, 0.2) is 5.82 Å². The number of carbonyl (C=O) groups is 1. The summed E-state index contributed by atoms with van der Waals surface area (Å²) in [5.41, 5.74) is 3.83. The molecule has 0 aliphatic carbocycles. The molecule has 3 rings (SSSR count). The van der Waals surface area contributed by atoms with Gasteiger partial charge in [0.2, 0.25) is 11.1 Å². The summed E-state index contributed by atoms with van der Waals surface area (Å²) < 4.78 is 11.2. The highest BCUT2D eigenvalue weighted by Crippen LogP contribution is 2.26. The first-order valence-corrected chi connectivity index (χ1v) is 10.1. The molecule has 1 aromatic heterocycles. The Bertz CT molecular complexity index is 983. The zero-order valence-corrected chi connectivity index (χ0v) is 17.7. The first kappa shape index (κ1) is 20.7. The molecule has 8 heteroatoms. The summed E-state index contributed by atoms with van der Waals surface area (Å²) in [5.74, 6) is 2.11. The quantitative estimate of drug-likeness (QED) is 0.543. The first-order chi connectivity index (χ1) is 14.0. The van der Waals surface area contributed by atoms with Crippen molar-refractivity contribution in [2.24, 2.45) is 0 Å². The largest absolute Gasteiger partial charge is 0.495 e. The molecule has 0 fully saturated rings. The van der Waals surface area contributed by atoms with Gasteiger partial charge in [-0.3, -0.25) is 9.89 Å². The van der Waals surface area contributed by atoms with Gasteiger partial charge in [-0.05, 0) is 49.6 Å². The zero-order chi connectivity index (χ0) is 20.8. The van der Waals surface area contributed by atoms with Gasteiger partial charge < -0.3 is 14.8 Å². The Kier molecular flexibility index (Phi) is 6.77. The molecule has 2 N–H and O–H groups in total. The third kappa shape index (κ3) is 5.51. The molecular formula is C21H24N4O3S. The molecule has 0 saturated heterocycles. The Morgan fingerprint density at radius 2 is 1.93 bits per heavy atom. The molecule has 1 amide bonds. The lowest BCUT2D eigenvalue weighted by molar-refractivity contribution is -0.113. The molecule has 0 radical (unpaired) electrons. The van der Waals surface area contributed by atoms with Crippen LogP contribution in [0.4, 0.5) is 5.69 Å².